The molecule has 0 radical (unpaired) electrons. The predicted octanol–water partition coefficient (Wildman–Crippen LogP) is 4.97. The topological polar surface area (TPSA) is 71.5 Å². The monoisotopic (exact) mass is 477 g/mol. The molecule has 0 bridgehead atoms. The van der Waals surface area contributed by atoms with Crippen molar-refractivity contribution in [1.29, 1.82) is 0 Å². The lowest BCUT2D eigenvalue weighted by atomic mass is 9.91. The Kier molecular flexibility index (Phi) is 8.29. The van der Waals surface area contributed by atoms with Crippen molar-refractivity contribution in [2.24, 2.45) is 5.92 Å². The highest BCUT2D eigenvalue weighted by molar-refractivity contribution is 6.03. The molecule has 2 aliphatic rings. The Morgan fingerprint density at radius 3 is 2.71 bits per heavy atom. The van der Waals surface area contributed by atoms with Crippen LogP contribution in [0.2, 0.25) is 0 Å². The van der Waals surface area contributed by atoms with Gasteiger partial charge < -0.3 is 10.1 Å². The van der Waals surface area contributed by atoms with Gasteiger partial charge in [0.15, 0.2) is 6.61 Å². The fraction of sp³-hybridized carbons (Fsp3) is 0.393. The molecule has 2 aliphatic carbocycles. The van der Waals surface area contributed by atoms with Gasteiger partial charge in [-0.25, -0.2) is 9.37 Å². The molecule has 7 heteroatoms. The Hall–Kier alpha value is -3.48. The van der Waals surface area contributed by atoms with E-state index in [-0.39, 0.29) is 24.5 Å². The summed E-state index contributed by atoms with van der Waals surface area (Å²) in [5.74, 6) is -0.698. The van der Waals surface area contributed by atoms with Crippen molar-refractivity contribution in [3.05, 3.63) is 78.3 Å². The number of allylic oxidation sites excluding steroid dienone is 2. The summed E-state index contributed by atoms with van der Waals surface area (Å²) in [7, 11) is 0. The Bertz CT molecular complexity index is 1080. The first-order valence-corrected chi connectivity index (χ1v) is 12.3. The van der Waals surface area contributed by atoms with Gasteiger partial charge in [0.1, 0.15) is 11.9 Å². The minimum absolute atomic E-state index is 0.0681. The van der Waals surface area contributed by atoms with Crippen LogP contribution in [0.5, 0.6) is 5.88 Å². The van der Waals surface area contributed by atoms with Crippen LogP contribution >= 0.6 is 0 Å². The summed E-state index contributed by atoms with van der Waals surface area (Å²) in [4.78, 5) is 32.8. The van der Waals surface area contributed by atoms with E-state index >= 15 is 0 Å². The van der Waals surface area contributed by atoms with E-state index in [1.165, 1.54) is 29.5 Å². The number of hydrogen-bond acceptors (Lipinski definition) is 4. The van der Waals surface area contributed by atoms with E-state index in [9.17, 15) is 14.0 Å². The molecule has 1 aromatic heterocycles. The Balaban J connectivity index is 1.68. The molecular weight excluding hydrogens is 445 g/mol. The molecule has 6 nitrogen and oxygen atoms in total. The van der Waals surface area contributed by atoms with E-state index < -0.39 is 17.8 Å². The molecule has 0 spiro atoms. The number of ether oxygens (including phenoxy) is 1. The van der Waals surface area contributed by atoms with Crippen molar-refractivity contribution in [2.45, 2.75) is 57.5 Å². The highest BCUT2D eigenvalue weighted by atomic mass is 19.1. The summed E-state index contributed by atoms with van der Waals surface area (Å²) >= 11 is 0. The molecule has 1 heterocycles. The Labute approximate surface area is 205 Å². The van der Waals surface area contributed by atoms with Crippen molar-refractivity contribution in [2.75, 3.05) is 11.5 Å². The molecule has 2 unspecified atom stereocenters. The quantitative estimate of drug-likeness (QED) is 0.583. The van der Waals surface area contributed by atoms with E-state index in [1.807, 2.05) is 18.2 Å². The molecular formula is C28H32FN3O3. The standard InChI is InChI=1S/C28H32FN3O3/c1-20-9-7-10-21(17-20)27(28(34)31-23-12-3-2-4-13-23)32(24-14-8-11-22(29)18-24)26(33)19-35-25-15-5-6-16-30-25/h5-8,10-11,14-18,20,23,27H,2-4,9,12-13,19H2,1H3,(H,31,34). The molecule has 1 N–H and O–H groups in total. The summed E-state index contributed by atoms with van der Waals surface area (Å²) < 4.78 is 19.9. The second-order valence-corrected chi connectivity index (χ2v) is 9.23. The normalized spacial score (nSPS) is 18.9. The second kappa shape index (κ2) is 11.8. The van der Waals surface area contributed by atoms with Crippen LogP contribution in [0.4, 0.5) is 10.1 Å². The smallest absolute Gasteiger partial charge is 0.265 e. The lowest BCUT2D eigenvalue weighted by Crippen LogP contribution is -2.54. The summed E-state index contributed by atoms with van der Waals surface area (Å²) in [6, 6.07) is 10.1. The molecule has 1 saturated carbocycles. The van der Waals surface area contributed by atoms with Gasteiger partial charge in [-0.3, -0.25) is 14.5 Å². The van der Waals surface area contributed by atoms with Gasteiger partial charge in [0.05, 0.1) is 0 Å². The molecule has 2 amide bonds. The molecule has 2 aromatic rings. The molecule has 1 aromatic carbocycles. The van der Waals surface area contributed by atoms with Crippen molar-refractivity contribution in [3.8, 4) is 5.88 Å². The number of hydrogen-bond donors (Lipinski definition) is 1. The predicted molar refractivity (Wildman–Crippen MR) is 133 cm³/mol. The minimum atomic E-state index is -0.947. The van der Waals surface area contributed by atoms with Crippen LogP contribution in [0.25, 0.3) is 0 Å². The highest BCUT2D eigenvalue weighted by Gasteiger charge is 2.35. The molecule has 35 heavy (non-hydrogen) atoms. The van der Waals surface area contributed by atoms with Gasteiger partial charge in [-0.15, -0.1) is 0 Å². The lowest BCUT2D eigenvalue weighted by molar-refractivity contribution is -0.127. The van der Waals surface area contributed by atoms with Gasteiger partial charge in [0.25, 0.3) is 5.91 Å². The number of benzene rings is 1. The van der Waals surface area contributed by atoms with Crippen LogP contribution in [0.15, 0.2) is 72.5 Å². The Morgan fingerprint density at radius 2 is 2.00 bits per heavy atom. The van der Waals surface area contributed by atoms with Gasteiger partial charge in [0, 0.05) is 24.0 Å². The lowest BCUT2D eigenvalue weighted by Gasteiger charge is -2.34. The van der Waals surface area contributed by atoms with Gasteiger partial charge in [0.2, 0.25) is 11.8 Å². The summed E-state index contributed by atoms with van der Waals surface area (Å²) in [6.45, 7) is 1.73. The van der Waals surface area contributed by atoms with Gasteiger partial charge in [-0.05, 0) is 55.0 Å². The van der Waals surface area contributed by atoms with E-state index in [0.29, 0.717) is 17.1 Å². The van der Waals surface area contributed by atoms with Crippen LogP contribution in [-0.2, 0) is 9.59 Å². The first-order chi connectivity index (χ1) is 17.0. The van der Waals surface area contributed by atoms with Crippen molar-refractivity contribution in [3.63, 3.8) is 0 Å². The van der Waals surface area contributed by atoms with Gasteiger partial charge in [-0.1, -0.05) is 56.5 Å². The fourth-order valence-corrected chi connectivity index (χ4v) is 4.70. The van der Waals surface area contributed by atoms with Crippen molar-refractivity contribution >= 4 is 17.5 Å². The second-order valence-electron chi connectivity index (χ2n) is 9.23. The molecule has 0 saturated heterocycles. The first kappa shape index (κ1) is 24.6. The Morgan fingerprint density at radius 1 is 1.17 bits per heavy atom. The van der Waals surface area contributed by atoms with Gasteiger partial charge >= 0.3 is 0 Å². The van der Waals surface area contributed by atoms with Crippen LogP contribution < -0.4 is 15.0 Å². The number of pyridine rings is 1. The minimum Gasteiger partial charge on any atom is -0.468 e. The number of aromatic nitrogens is 1. The average Bonchev–Trinajstić information content (AvgIpc) is 2.87. The number of carbonyl (C=O) groups excluding carboxylic acids is 2. The summed E-state index contributed by atoms with van der Waals surface area (Å²) in [6.07, 6.45) is 13.5. The third-order valence-corrected chi connectivity index (χ3v) is 6.41. The maximum Gasteiger partial charge on any atom is 0.265 e. The highest BCUT2D eigenvalue weighted by Crippen LogP contribution is 2.28. The number of carbonyl (C=O) groups is 2. The SMILES string of the molecule is CC1C=C(C(C(=O)NC2CCCCC2)N(C(=O)COc2ccccn2)c2cccc(F)c2)C=CC1. The van der Waals surface area contributed by atoms with Gasteiger partial charge in [-0.2, -0.15) is 0 Å². The zero-order chi connectivity index (χ0) is 24.6. The van der Waals surface area contributed by atoms with E-state index in [1.54, 1.807) is 30.5 Å². The molecule has 184 valence electrons. The third kappa shape index (κ3) is 6.56. The number of anilines is 1. The third-order valence-electron chi connectivity index (χ3n) is 6.41. The van der Waals surface area contributed by atoms with E-state index in [0.717, 1.165) is 32.1 Å². The molecule has 4 rings (SSSR count). The van der Waals surface area contributed by atoms with Crippen LogP contribution in [0.3, 0.4) is 0 Å². The average molecular weight is 478 g/mol. The first-order valence-electron chi connectivity index (χ1n) is 12.3. The number of amides is 2. The van der Waals surface area contributed by atoms with E-state index in [4.69, 9.17) is 4.74 Å². The number of nitrogens with zero attached hydrogens (tertiary/aromatic N) is 2. The zero-order valence-electron chi connectivity index (χ0n) is 20.0. The van der Waals surface area contributed by atoms with Crippen molar-refractivity contribution in [1.82, 2.24) is 10.3 Å². The zero-order valence-corrected chi connectivity index (χ0v) is 20.0. The van der Waals surface area contributed by atoms with Crippen LogP contribution in [-0.4, -0.2) is 35.5 Å². The van der Waals surface area contributed by atoms with Crippen LogP contribution in [0.1, 0.15) is 45.4 Å². The number of rotatable bonds is 8. The molecule has 2 atom stereocenters. The number of halogens is 1. The number of nitrogens with one attached hydrogen (secondary N) is 1. The molecule has 0 aliphatic heterocycles. The van der Waals surface area contributed by atoms with Crippen molar-refractivity contribution < 1.29 is 18.7 Å². The maximum atomic E-state index is 14.3. The maximum absolute atomic E-state index is 14.3. The van der Waals surface area contributed by atoms with E-state index in [2.05, 4.69) is 17.2 Å². The summed E-state index contributed by atoms with van der Waals surface area (Å²) in [5, 5.41) is 3.17. The van der Waals surface area contributed by atoms with Crippen LogP contribution in [0, 0.1) is 11.7 Å². The fourth-order valence-electron chi connectivity index (χ4n) is 4.70. The summed E-state index contributed by atoms with van der Waals surface area (Å²) in [5.41, 5.74) is 1.02. The molecule has 1 fully saturated rings. The largest absolute Gasteiger partial charge is 0.468 e.